The second-order valence-electron chi connectivity index (χ2n) is 19.0. The second kappa shape index (κ2) is 52.2. The van der Waals surface area contributed by atoms with Crippen LogP contribution >= 0.6 is 0 Å². The highest BCUT2D eigenvalue weighted by molar-refractivity contribution is 5.76. The van der Waals surface area contributed by atoms with E-state index in [0.717, 1.165) is 32.1 Å². The Morgan fingerprint density at radius 2 is 0.683 bits per heavy atom. The first-order valence-corrected chi connectivity index (χ1v) is 27.5. The number of hydrogen-bond donors (Lipinski definition) is 3. The molecular formula is C56H109NO3. The van der Waals surface area contributed by atoms with E-state index in [1.54, 1.807) is 0 Å². The molecule has 0 bridgehead atoms. The summed E-state index contributed by atoms with van der Waals surface area (Å²) in [6.07, 6.45) is 68.7. The number of carbonyl (C=O) groups excluding carboxylic acids is 1. The molecule has 0 saturated heterocycles. The third kappa shape index (κ3) is 47.9. The predicted molar refractivity (Wildman–Crippen MR) is 267 cm³/mol. The first-order valence-electron chi connectivity index (χ1n) is 27.5. The molecule has 1 amide bonds. The molecule has 0 rings (SSSR count). The molecule has 0 heterocycles. The average molecular weight is 844 g/mol. The van der Waals surface area contributed by atoms with E-state index < -0.39 is 12.1 Å². The van der Waals surface area contributed by atoms with Crippen LogP contribution in [0, 0.1) is 0 Å². The Balaban J connectivity index is 3.43. The summed E-state index contributed by atoms with van der Waals surface area (Å²) in [5.41, 5.74) is 0. The van der Waals surface area contributed by atoms with E-state index in [9.17, 15) is 15.0 Å². The molecule has 0 aliphatic carbocycles. The van der Waals surface area contributed by atoms with Gasteiger partial charge in [-0.3, -0.25) is 4.79 Å². The number of aliphatic hydroxyl groups excluding tert-OH is 2. The highest BCUT2D eigenvalue weighted by Crippen LogP contribution is 2.17. The van der Waals surface area contributed by atoms with E-state index in [0.29, 0.717) is 12.8 Å². The second-order valence-corrected chi connectivity index (χ2v) is 19.0. The quantitative estimate of drug-likeness (QED) is 0.0422. The number of aliphatic hydroxyl groups is 2. The fraction of sp³-hybridized carbons (Fsp3) is 0.911. The van der Waals surface area contributed by atoms with Crippen molar-refractivity contribution in [3.8, 4) is 0 Å². The molecule has 2 atom stereocenters. The van der Waals surface area contributed by atoms with Crippen molar-refractivity contribution in [1.29, 1.82) is 0 Å². The molecule has 0 aromatic rings. The fourth-order valence-corrected chi connectivity index (χ4v) is 8.75. The van der Waals surface area contributed by atoms with Crippen LogP contribution in [0.1, 0.15) is 309 Å². The van der Waals surface area contributed by atoms with Gasteiger partial charge in [0, 0.05) is 6.42 Å². The highest BCUT2D eigenvalue weighted by atomic mass is 16.3. The summed E-state index contributed by atoms with van der Waals surface area (Å²) in [5, 5.41) is 23.3. The summed E-state index contributed by atoms with van der Waals surface area (Å²) in [6.45, 7) is 4.39. The van der Waals surface area contributed by atoms with Gasteiger partial charge in [-0.05, 0) is 44.9 Å². The minimum atomic E-state index is -0.658. The topological polar surface area (TPSA) is 69.6 Å². The van der Waals surface area contributed by atoms with Gasteiger partial charge in [0.1, 0.15) is 0 Å². The molecule has 0 aromatic heterocycles. The first kappa shape index (κ1) is 58.9. The predicted octanol–water partition coefficient (Wildman–Crippen LogP) is 17.9. The molecule has 4 nitrogen and oxygen atoms in total. The summed E-state index contributed by atoms with van der Waals surface area (Å²) in [4.78, 5) is 12.5. The van der Waals surface area contributed by atoms with Crippen molar-refractivity contribution in [2.45, 2.75) is 321 Å². The van der Waals surface area contributed by atoms with Gasteiger partial charge in [-0.1, -0.05) is 282 Å². The molecule has 0 saturated carbocycles. The number of amides is 1. The monoisotopic (exact) mass is 844 g/mol. The fourth-order valence-electron chi connectivity index (χ4n) is 8.75. The zero-order valence-electron chi connectivity index (χ0n) is 41.0. The van der Waals surface area contributed by atoms with Crippen molar-refractivity contribution < 1.29 is 15.0 Å². The maximum Gasteiger partial charge on any atom is 0.220 e. The minimum Gasteiger partial charge on any atom is -0.394 e. The largest absolute Gasteiger partial charge is 0.394 e. The molecule has 356 valence electrons. The molecule has 0 spiro atoms. The molecule has 0 aromatic carbocycles. The minimum absolute atomic E-state index is 0.0269. The van der Waals surface area contributed by atoms with Gasteiger partial charge < -0.3 is 15.5 Å². The van der Waals surface area contributed by atoms with Gasteiger partial charge in [-0.2, -0.15) is 0 Å². The van der Waals surface area contributed by atoms with E-state index in [2.05, 4.69) is 43.5 Å². The molecular weight excluding hydrogens is 735 g/mol. The van der Waals surface area contributed by atoms with E-state index in [4.69, 9.17) is 0 Å². The SMILES string of the molecule is CCCCCCCCCCC/C=C\C/C=C\CCCCCCCCCCCCCCCCCC(=O)NC(CO)C(O)CCCCCCCCCCCCCCCCCCC. The lowest BCUT2D eigenvalue weighted by Crippen LogP contribution is -2.45. The zero-order valence-corrected chi connectivity index (χ0v) is 41.0. The molecule has 60 heavy (non-hydrogen) atoms. The Kier molecular flexibility index (Phi) is 51.2. The van der Waals surface area contributed by atoms with E-state index in [1.165, 1.54) is 250 Å². The van der Waals surface area contributed by atoms with Crippen LogP contribution in [-0.4, -0.2) is 34.9 Å². The molecule has 0 fully saturated rings. The third-order valence-corrected chi connectivity index (χ3v) is 13.0. The van der Waals surface area contributed by atoms with Crippen molar-refractivity contribution in [3.63, 3.8) is 0 Å². The van der Waals surface area contributed by atoms with Crippen LogP contribution in [0.3, 0.4) is 0 Å². The van der Waals surface area contributed by atoms with Crippen molar-refractivity contribution in [1.82, 2.24) is 5.32 Å². The van der Waals surface area contributed by atoms with Crippen LogP contribution < -0.4 is 5.32 Å². The van der Waals surface area contributed by atoms with Gasteiger partial charge in [0.25, 0.3) is 0 Å². The molecule has 2 unspecified atom stereocenters. The lowest BCUT2D eigenvalue weighted by Gasteiger charge is -2.22. The number of rotatable bonds is 51. The first-order chi connectivity index (χ1) is 29.7. The van der Waals surface area contributed by atoms with Crippen LogP contribution in [0.4, 0.5) is 0 Å². The zero-order chi connectivity index (χ0) is 43.5. The smallest absolute Gasteiger partial charge is 0.220 e. The number of carbonyl (C=O) groups is 1. The van der Waals surface area contributed by atoms with Crippen molar-refractivity contribution in [3.05, 3.63) is 24.3 Å². The van der Waals surface area contributed by atoms with Gasteiger partial charge in [-0.25, -0.2) is 0 Å². The Bertz CT molecular complexity index is 871. The van der Waals surface area contributed by atoms with Crippen LogP contribution in [0.15, 0.2) is 24.3 Å². The van der Waals surface area contributed by atoms with Crippen LogP contribution in [0.5, 0.6) is 0 Å². The lowest BCUT2D eigenvalue weighted by molar-refractivity contribution is -0.123. The number of nitrogens with one attached hydrogen (secondary N) is 1. The summed E-state index contributed by atoms with van der Waals surface area (Å²) in [6, 6.07) is -0.534. The van der Waals surface area contributed by atoms with Crippen molar-refractivity contribution >= 4 is 5.91 Å². The highest BCUT2D eigenvalue weighted by Gasteiger charge is 2.20. The molecule has 3 N–H and O–H groups in total. The molecule has 4 heteroatoms. The number of allylic oxidation sites excluding steroid dienone is 4. The van der Waals surface area contributed by atoms with Gasteiger partial charge in [0.05, 0.1) is 18.8 Å². The third-order valence-electron chi connectivity index (χ3n) is 13.0. The average Bonchev–Trinajstić information content (AvgIpc) is 3.25. The van der Waals surface area contributed by atoms with Crippen LogP contribution in [-0.2, 0) is 4.79 Å². The standard InChI is InChI=1S/C56H109NO3/c1-3-5-7-9-11-13-15-17-19-21-22-23-24-25-26-27-28-29-30-31-32-33-34-36-38-40-42-44-46-48-50-52-56(60)57-54(53-58)55(59)51-49-47-45-43-41-39-37-35-20-18-16-14-12-10-8-6-4-2/h22-23,25-26,54-55,58-59H,3-21,24,27-53H2,1-2H3,(H,57,60)/b23-22-,26-25-. The maximum atomic E-state index is 12.5. The van der Waals surface area contributed by atoms with Crippen LogP contribution in [0.25, 0.3) is 0 Å². The maximum absolute atomic E-state index is 12.5. The van der Waals surface area contributed by atoms with Crippen LogP contribution in [0.2, 0.25) is 0 Å². The Morgan fingerprint density at radius 3 is 1.00 bits per heavy atom. The lowest BCUT2D eigenvalue weighted by atomic mass is 10.0. The Hall–Kier alpha value is -1.13. The summed E-state index contributed by atoms with van der Waals surface area (Å²) in [7, 11) is 0. The van der Waals surface area contributed by atoms with E-state index in [-0.39, 0.29) is 12.5 Å². The molecule has 0 radical (unpaired) electrons. The van der Waals surface area contributed by atoms with Gasteiger partial charge in [0.15, 0.2) is 0 Å². The summed E-state index contributed by atoms with van der Waals surface area (Å²) in [5.74, 6) is -0.0269. The van der Waals surface area contributed by atoms with Gasteiger partial charge in [0.2, 0.25) is 5.91 Å². The van der Waals surface area contributed by atoms with Gasteiger partial charge >= 0.3 is 0 Å². The number of unbranched alkanes of at least 4 members (excludes halogenated alkanes) is 40. The van der Waals surface area contributed by atoms with Crippen molar-refractivity contribution in [2.75, 3.05) is 6.61 Å². The van der Waals surface area contributed by atoms with E-state index >= 15 is 0 Å². The summed E-state index contributed by atoms with van der Waals surface area (Å²) < 4.78 is 0. The van der Waals surface area contributed by atoms with E-state index in [1.807, 2.05) is 0 Å². The Labute approximate surface area is 377 Å². The number of hydrogen-bond acceptors (Lipinski definition) is 3. The molecule has 0 aliphatic heterocycles. The summed E-state index contributed by atoms with van der Waals surface area (Å²) >= 11 is 0. The van der Waals surface area contributed by atoms with Crippen molar-refractivity contribution in [2.24, 2.45) is 0 Å². The van der Waals surface area contributed by atoms with Gasteiger partial charge in [-0.15, -0.1) is 0 Å². The normalized spacial score (nSPS) is 12.9. The Morgan fingerprint density at radius 1 is 0.400 bits per heavy atom. The molecule has 0 aliphatic rings.